The van der Waals surface area contributed by atoms with Crippen molar-refractivity contribution in [1.82, 2.24) is 10.2 Å². The summed E-state index contributed by atoms with van der Waals surface area (Å²) in [6.45, 7) is 6.46. The Bertz CT molecular complexity index is 502. The summed E-state index contributed by atoms with van der Waals surface area (Å²) in [5.74, 6) is -1.44. The molecule has 0 aromatic heterocycles. The molecule has 1 amide bonds. The van der Waals surface area contributed by atoms with Crippen molar-refractivity contribution in [3.05, 3.63) is 35.9 Å². The highest BCUT2D eigenvalue weighted by Crippen LogP contribution is 2.20. The molecule has 1 aromatic rings. The number of likely N-dealkylation sites (N-methyl/N-ethyl adjacent to an activating group) is 1. The van der Waals surface area contributed by atoms with Crippen molar-refractivity contribution < 1.29 is 14.7 Å². The smallest absolute Gasteiger partial charge is 0.326 e. The van der Waals surface area contributed by atoms with E-state index in [-0.39, 0.29) is 11.8 Å². The molecule has 0 saturated carbocycles. The minimum atomic E-state index is -1.00. The number of rotatable bonds is 9. The predicted octanol–water partition coefficient (Wildman–Crippen LogP) is 2.69. The largest absolute Gasteiger partial charge is 0.480 e. The number of carboxylic acid groups (broad SMARTS) is 1. The summed E-state index contributed by atoms with van der Waals surface area (Å²) in [6.07, 6.45) is 2.02. The van der Waals surface area contributed by atoms with E-state index in [1.54, 1.807) is 13.8 Å². The fourth-order valence-electron chi connectivity index (χ4n) is 2.52. The number of aliphatic carboxylic acids is 1. The predicted molar refractivity (Wildman–Crippen MR) is 91.1 cm³/mol. The molecule has 0 saturated heterocycles. The van der Waals surface area contributed by atoms with Gasteiger partial charge in [0.25, 0.3) is 0 Å². The van der Waals surface area contributed by atoms with Crippen molar-refractivity contribution in [2.75, 3.05) is 13.6 Å². The highest BCUT2D eigenvalue weighted by atomic mass is 16.4. The van der Waals surface area contributed by atoms with Crippen LogP contribution in [0.25, 0.3) is 0 Å². The number of carbonyl (C=O) groups is 2. The third-order valence-corrected chi connectivity index (χ3v) is 3.90. The fraction of sp³-hybridized carbons (Fsp3) is 0.556. The van der Waals surface area contributed by atoms with Gasteiger partial charge in [-0.15, -0.1) is 0 Å². The van der Waals surface area contributed by atoms with Crippen molar-refractivity contribution >= 4 is 11.9 Å². The van der Waals surface area contributed by atoms with Gasteiger partial charge in [-0.1, -0.05) is 57.5 Å². The zero-order valence-electron chi connectivity index (χ0n) is 14.5. The average Bonchev–Trinajstić information content (AvgIpc) is 2.51. The van der Waals surface area contributed by atoms with Crippen LogP contribution in [0.1, 0.15) is 45.2 Å². The molecule has 0 heterocycles. The second kappa shape index (κ2) is 9.30. The number of benzene rings is 1. The monoisotopic (exact) mass is 320 g/mol. The maximum absolute atomic E-state index is 12.8. The first-order valence-electron chi connectivity index (χ1n) is 8.16. The van der Waals surface area contributed by atoms with Crippen LogP contribution in [-0.2, 0) is 9.59 Å². The summed E-state index contributed by atoms with van der Waals surface area (Å²) in [5.41, 5.74) is 0.872. The first kappa shape index (κ1) is 19.2. The summed E-state index contributed by atoms with van der Waals surface area (Å²) < 4.78 is 0. The highest BCUT2D eigenvalue weighted by Gasteiger charge is 2.30. The topological polar surface area (TPSA) is 69.6 Å². The van der Waals surface area contributed by atoms with Crippen LogP contribution in [0.4, 0.5) is 0 Å². The summed E-state index contributed by atoms with van der Waals surface area (Å²) in [5, 5.41) is 12.0. The Labute approximate surface area is 138 Å². The van der Waals surface area contributed by atoms with Gasteiger partial charge in [-0.25, -0.2) is 4.79 Å². The molecule has 0 aliphatic carbocycles. The Morgan fingerprint density at radius 2 is 1.83 bits per heavy atom. The molecule has 2 N–H and O–H groups in total. The van der Waals surface area contributed by atoms with Gasteiger partial charge in [0, 0.05) is 0 Å². The van der Waals surface area contributed by atoms with Crippen LogP contribution in [0.3, 0.4) is 0 Å². The van der Waals surface area contributed by atoms with E-state index in [4.69, 9.17) is 0 Å². The zero-order chi connectivity index (χ0) is 17.4. The standard InChI is InChI=1S/C18H28N2O3/c1-5-6-12-20(4)16(14-10-8-7-9-11-14)17(21)19-15(13(2)3)18(22)23/h7-11,13,15-16H,5-6,12H2,1-4H3,(H,19,21)(H,22,23). The number of nitrogens with zero attached hydrogens (tertiary/aromatic N) is 1. The van der Waals surface area contributed by atoms with Gasteiger partial charge in [-0.05, 0) is 31.5 Å². The Hall–Kier alpha value is -1.88. The molecule has 0 radical (unpaired) electrons. The van der Waals surface area contributed by atoms with E-state index in [0.717, 1.165) is 24.9 Å². The molecule has 5 heteroatoms. The molecular formula is C18H28N2O3. The van der Waals surface area contributed by atoms with E-state index in [1.807, 2.05) is 42.3 Å². The summed E-state index contributed by atoms with van der Waals surface area (Å²) in [4.78, 5) is 26.1. The number of amides is 1. The lowest BCUT2D eigenvalue weighted by atomic mass is 10.0. The molecule has 23 heavy (non-hydrogen) atoms. The van der Waals surface area contributed by atoms with Crippen molar-refractivity contribution in [3.8, 4) is 0 Å². The molecule has 2 unspecified atom stereocenters. The lowest BCUT2D eigenvalue weighted by Gasteiger charge is -2.29. The minimum absolute atomic E-state index is 0.172. The van der Waals surface area contributed by atoms with Crippen LogP contribution in [0, 0.1) is 5.92 Å². The molecular weight excluding hydrogens is 292 g/mol. The number of carbonyl (C=O) groups excluding carboxylic acids is 1. The van der Waals surface area contributed by atoms with Gasteiger partial charge in [0.05, 0.1) is 0 Å². The molecule has 1 rings (SSSR count). The van der Waals surface area contributed by atoms with E-state index in [2.05, 4.69) is 12.2 Å². The van der Waals surface area contributed by atoms with E-state index >= 15 is 0 Å². The number of unbranched alkanes of at least 4 members (excludes halogenated alkanes) is 1. The average molecular weight is 320 g/mol. The summed E-state index contributed by atoms with van der Waals surface area (Å²) in [7, 11) is 1.90. The first-order chi connectivity index (χ1) is 10.9. The van der Waals surface area contributed by atoms with E-state index in [1.165, 1.54) is 0 Å². The number of nitrogens with one attached hydrogen (secondary N) is 1. The highest BCUT2D eigenvalue weighted by molar-refractivity contribution is 5.87. The van der Waals surface area contributed by atoms with Crippen molar-refractivity contribution in [2.45, 2.75) is 45.7 Å². The van der Waals surface area contributed by atoms with Gasteiger partial charge in [0.15, 0.2) is 0 Å². The van der Waals surface area contributed by atoms with Crippen LogP contribution in [0.2, 0.25) is 0 Å². The summed E-state index contributed by atoms with van der Waals surface area (Å²) >= 11 is 0. The molecule has 0 fully saturated rings. The molecule has 2 atom stereocenters. The molecule has 128 valence electrons. The van der Waals surface area contributed by atoms with Crippen molar-refractivity contribution in [2.24, 2.45) is 5.92 Å². The normalized spacial score (nSPS) is 13.8. The Balaban J connectivity index is 2.99. The molecule has 0 bridgehead atoms. The quantitative estimate of drug-likeness (QED) is 0.734. The van der Waals surface area contributed by atoms with Crippen LogP contribution in [-0.4, -0.2) is 41.5 Å². The van der Waals surface area contributed by atoms with Crippen LogP contribution in [0.5, 0.6) is 0 Å². The molecule has 0 aliphatic heterocycles. The van der Waals surface area contributed by atoms with Gasteiger partial charge >= 0.3 is 5.97 Å². The third kappa shape index (κ3) is 5.67. The fourth-order valence-corrected chi connectivity index (χ4v) is 2.52. The molecule has 5 nitrogen and oxygen atoms in total. The third-order valence-electron chi connectivity index (χ3n) is 3.90. The Morgan fingerprint density at radius 3 is 2.30 bits per heavy atom. The number of hydrogen-bond acceptors (Lipinski definition) is 3. The Kier molecular flexibility index (Phi) is 7.75. The van der Waals surface area contributed by atoms with Gasteiger partial charge in [0.1, 0.15) is 12.1 Å². The van der Waals surface area contributed by atoms with Gasteiger partial charge < -0.3 is 10.4 Å². The second-order valence-corrected chi connectivity index (χ2v) is 6.22. The summed E-state index contributed by atoms with van der Waals surface area (Å²) in [6, 6.07) is 8.12. The number of hydrogen-bond donors (Lipinski definition) is 2. The van der Waals surface area contributed by atoms with Crippen LogP contribution >= 0.6 is 0 Å². The van der Waals surface area contributed by atoms with E-state index < -0.39 is 18.1 Å². The van der Waals surface area contributed by atoms with E-state index in [9.17, 15) is 14.7 Å². The van der Waals surface area contributed by atoms with Crippen molar-refractivity contribution in [3.63, 3.8) is 0 Å². The maximum atomic E-state index is 12.8. The van der Waals surface area contributed by atoms with Crippen LogP contribution < -0.4 is 5.32 Å². The molecule has 1 aromatic carbocycles. The second-order valence-electron chi connectivity index (χ2n) is 6.22. The zero-order valence-corrected chi connectivity index (χ0v) is 14.5. The molecule has 0 spiro atoms. The number of carboxylic acids is 1. The van der Waals surface area contributed by atoms with Gasteiger partial charge in [-0.3, -0.25) is 9.69 Å². The lowest BCUT2D eigenvalue weighted by molar-refractivity contribution is -0.144. The SMILES string of the molecule is CCCCN(C)C(C(=O)NC(C(=O)O)C(C)C)c1ccccc1. The first-order valence-corrected chi connectivity index (χ1v) is 8.16. The maximum Gasteiger partial charge on any atom is 0.326 e. The van der Waals surface area contributed by atoms with Crippen LogP contribution in [0.15, 0.2) is 30.3 Å². The van der Waals surface area contributed by atoms with Gasteiger partial charge in [-0.2, -0.15) is 0 Å². The lowest BCUT2D eigenvalue weighted by Crippen LogP contribution is -2.49. The Morgan fingerprint density at radius 1 is 1.22 bits per heavy atom. The van der Waals surface area contributed by atoms with Gasteiger partial charge in [0.2, 0.25) is 5.91 Å². The van der Waals surface area contributed by atoms with Crippen molar-refractivity contribution in [1.29, 1.82) is 0 Å². The molecule has 0 aliphatic rings. The van der Waals surface area contributed by atoms with E-state index in [0.29, 0.717) is 0 Å². The minimum Gasteiger partial charge on any atom is -0.480 e.